The van der Waals surface area contributed by atoms with Crippen molar-refractivity contribution in [3.05, 3.63) is 63.8 Å². The number of piperidine rings is 1. The zero-order chi connectivity index (χ0) is 21.3. The van der Waals surface area contributed by atoms with Gasteiger partial charge in [0, 0.05) is 37.4 Å². The third kappa shape index (κ3) is 4.44. The van der Waals surface area contributed by atoms with Crippen LogP contribution in [0, 0.1) is 0 Å². The lowest BCUT2D eigenvalue weighted by atomic mass is 9.95. The summed E-state index contributed by atoms with van der Waals surface area (Å²) >= 11 is 0. The maximum Gasteiger partial charge on any atom is 0.323 e. The molecule has 1 fully saturated rings. The standard InChI is InChI=1S/C20H23N5O4S/c1-30(28,29)25-8-2-3-15(12-25)16-7-5-14(11-21-16)19(26)22-10-13-4-6-17-18(9-13)24-20(27)23-17/h4-7,9,11,15H,2-3,8,10,12H2,1H3,(H,22,26)(H2,23,24,27). The first-order valence-electron chi connectivity index (χ1n) is 9.70. The number of aromatic nitrogens is 3. The van der Waals surface area contributed by atoms with Crippen LogP contribution in [0.2, 0.25) is 0 Å². The molecule has 1 atom stereocenters. The monoisotopic (exact) mass is 429 g/mol. The van der Waals surface area contributed by atoms with Crippen LogP contribution in [0.3, 0.4) is 0 Å². The lowest BCUT2D eigenvalue weighted by Gasteiger charge is -2.30. The molecular weight excluding hydrogens is 406 g/mol. The number of benzene rings is 1. The summed E-state index contributed by atoms with van der Waals surface area (Å²) in [5, 5.41) is 2.84. The molecule has 4 rings (SSSR count). The number of fused-ring (bicyclic) bond motifs is 1. The van der Waals surface area contributed by atoms with Gasteiger partial charge in [0.05, 0.1) is 22.9 Å². The minimum atomic E-state index is -3.21. The van der Waals surface area contributed by atoms with Gasteiger partial charge >= 0.3 is 5.69 Å². The summed E-state index contributed by atoms with van der Waals surface area (Å²) in [6.45, 7) is 1.27. The number of amides is 1. The van der Waals surface area contributed by atoms with Crippen LogP contribution in [-0.4, -0.2) is 52.9 Å². The van der Waals surface area contributed by atoms with Gasteiger partial charge in [-0.3, -0.25) is 9.78 Å². The number of carbonyl (C=O) groups is 1. The van der Waals surface area contributed by atoms with Crippen molar-refractivity contribution >= 4 is 27.0 Å². The number of sulfonamides is 1. The molecule has 1 unspecified atom stereocenters. The van der Waals surface area contributed by atoms with Crippen molar-refractivity contribution in [2.24, 2.45) is 0 Å². The first-order chi connectivity index (χ1) is 14.3. The number of hydrogen-bond acceptors (Lipinski definition) is 5. The second-order valence-electron chi connectivity index (χ2n) is 7.57. The van der Waals surface area contributed by atoms with Gasteiger partial charge in [-0.15, -0.1) is 0 Å². The quantitative estimate of drug-likeness (QED) is 0.564. The van der Waals surface area contributed by atoms with Gasteiger partial charge in [0.25, 0.3) is 5.91 Å². The molecule has 30 heavy (non-hydrogen) atoms. The fourth-order valence-electron chi connectivity index (χ4n) is 3.74. The van der Waals surface area contributed by atoms with Crippen molar-refractivity contribution in [2.75, 3.05) is 19.3 Å². The Morgan fingerprint density at radius 3 is 2.77 bits per heavy atom. The number of hydrogen-bond donors (Lipinski definition) is 3. The Morgan fingerprint density at radius 2 is 2.03 bits per heavy atom. The minimum Gasteiger partial charge on any atom is -0.348 e. The van der Waals surface area contributed by atoms with Gasteiger partial charge in [-0.1, -0.05) is 6.07 Å². The van der Waals surface area contributed by atoms with Crippen molar-refractivity contribution in [2.45, 2.75) is 25.3 Å². The molecule has 10 heteroatoms. The molecular formula is C20H23N5O4S. The zero-order valence-electron chi connectivity index (χ0n) is 16.5. The van der Waals surface area contributed by atoms with E-state index in [0.717, 1.165) is 24.1 Å². The number of carbonyl (C=O) groups excluding carboxylic acids is 1. The van der Waals surface area contributed by atoms with E-state index >= 15 is 0 Å². The number of pyridine rings is 1. The van der Waals surface area contributed by atoms with Gasteiger partial charge in [-0.2, -0.15) is 0 Å². The molecule has 0 aliphatic carbocycles. The maximum absolute atomic E-state index is 12.5. The predicted octanol–water partition coefficient (Wildman–Crippen LogP) is 1.32. The predicted molar refractivity (Wildman–Crippen MR) is 113 cm³/mol. The van der Waals surface area contributed by atoms with Crippen LogP contribution in [0.25, 0.3) is 11.0 Å². The molecule has 0 spiro atoms. The molecule has 3 N–H and O–H groups in total. The van der Waals surface area contributed by atoms with Gasteiger partial charge in [0.1, 0.15) is 0 Å². The largest absolute Gasteiger partial charge is 0.348 e. The topological polar surface area (TPSA) is 128 Å². The fraction of sp³-hybridized carbons (Fsp3) is 0.350. The molecule has 2 aromatic heterocycles. The summed E-state index contributed by atoms with van der Waals surface area (Å²) in [5.74, 6) is -0.223. The molecule has 3 aromatic rings. The number of aromatic amines is 2. The maximum atomic E-state index is 12.5. The molecule has 1 aromatic carbocycles. The van der Waals surface area contributed by atoms with Gasteiger partial charge in [-0.05, 0) is 42.7 Å². The third-order valence-corrected chi connectivity index (χ3v) is 6.62. The highest BCUT2D eigenvalue weighted by Gasteiger charge is 2.27. The van der Waals surface area contributed by atoms with E-state index < -0.39 is 10.0 Å². The Balaban J connectivity index is 1.39. The lowest BCUT2D eigenvalue weighted by Crippen LogP contribution is -2.38. The Labute approximate surface area is 173 Å². The summed E-state index contributed by atoms with van der Waals surface area (Å²) < 4.78 is 25.1. The highest BCUT2D eigenvalue weighted by molar-refractivity contribution is 7.88. The summed E-state index contributed by atoms with van der Waals surface area (Å²) in [4.78, 5) is 33.6. The fourth-order valence-corrected chi connectivity index (χ4v) is 4.65. The van der Waals surface area contributed by atoms with E-state index in [9.17, 15) is 18.0 Å². The van der Waals surface area contributed by atoms with Crippen LogP contribution >= 0.6 is 0 Å². The first kappa shape index (κ1) is 20.3. The van der Waals surface area contributed by atoms with Crippen molar-refractivity contribution in [1.29, 1.82) is 0 Å². The zero-order valence-corrected chi connectivity index (χ0v) is 17.3. The van der Waals surface area contributed by atoms with Gasteiger partial charge in [-0.25, -0.2) is 17.5 Å². The van der Waals surface area contributed by atoms with E-state index in [1.807, 2.05) is 12.1 Å². The molecule has 9 nitrogen and oxygen atoms in total. The highest BCUT2D eigenvalue weighted by Crippen LogP contribution is 2.26. The number of imidazole rings is 1. The van der Waals surface area contributed by atoms with Gasteiger partial charge < -0.3 is 15.3 Å². The molecule has 1 aliphatic rings. The van der Waals surface area contributed by atoms with Crippen molar-refractivity contribution in [1.82, 2.24) is 24.6 Å². The molecule has 1 amide bonds. The summed E-state index contributed by atoms with van der Waals surface area (Å²) in [6.07, 6.45) is 4.41. The van der Waals surface area contributed by atoms with Crippen LogP contribution < -0.4 is 11.0 Å². The molecule has 158 valence electrons. The Hall–Kier alpha value is -2.98. The average Bonchev–Trinajstić information content (AvgIpc) is 3.11. The molecule has 1 saturated heterocycles. The summed E-state index contributed by atoms with van der Waals surface area (Å²) in [7, 11) is -3.21. The third-order valence-electron chi connectivity index (χ3n) is 5.35. The number of nitrogens with zero attached hydrogens (tertiary/aromatic N) is 2. The van der Waals surface area contributed by atoms with Crippen molar-refractivity contribution < 1.29 is 13.2 Å². The lowest BCUT2D eigenvalue weighted by molar-refractivity contribution is 0.0950. The Kier molecular flexibility index (Phi) is 5.44. The van der Waals surface area contributed by atoms with E-state index in [1.54, 1.807) is 18.2 Å². The van der Waals surface area contributed by atoms with Crippen LogP contribution in [0.5, 0.6) is 0 Å². The number of H-pyrrole nitrogens is 2. The summed E-state index contributed by atoms with van der Waals surface area (Å²) in [5.41, 5.74) is 3.22. The van der Waals surface area contributed by atoms with Crippen LogP contribution in [0.4, 0.5) is 0 Å². The number of rotatable bonds is 5. The highest BCUT2D eigenvalue weighted by atomic mass is 32.2. The molecule has 0 saturated carbocycles. The summed E-state index contributed by atoms with van der Waals surface area (Å²) in [6, 6.07) is 8.94. The minimum absolute atomic E-state index is 0.0285. The molecule has 0 radical (unpaired) electrons. The molecule has 3 heterocycles. The van der Waals surface area contributed by atoms with E-state index in [4.69, 9.17) is 0 Å². The van der Waals surface area contributed by atoms with Gasteiger partial charge in [0.2, 0.25) is 10.0 Å². The average molecular weight is 430 g/mol. The SMILES string of the molecule is CS(=O)(=O)N1CCCC(c2ccc(C(=O)NCc3ccc4[nH]c(=O)[nH]c4c3)cn2)C1. The Morgan fingerprint density at radius 1 is 1.23 bits per heavy atom. The second-order valence-corrected chi connectivity index (χ2v) is 9.56. The van der Waals surface area contributed by atoms with E-state index in [1.165, 1.54) is 16.8 Å². The van der Waals surface area contributed by atoms with Crippen LogP contribution in [0.15, 0.2) is 41.3 Å². The van der Waals surface area contributed by atoms with Crippen molar-refractivity contribution in [3.63, 3.8) is 0 Å². The van der Waals surface area contributed by atoms with Crippen LogP contribution in [0.1, 0.15) is 40.4 Å². The second kappa shape index (κ2) is 8.04. The van der Waals surface area contributed by atoms with Gasteiger partial charge in [0.15, 0.2) is 0 Å². The van der Waals surface area contributed by atoms with E-state index in [0.29, 0.717) is 36.2 Å². The molecule has 0 bridgehead atoms. The smallest absolute Gasteiger partial charge is 0.323 e. The van der Waals surface area contributed by atoms with E-state index in [2.05, 4.69) is 20.3 Å². The Bertz CT molecular complexity index is 1230. The normalized spacial score (nSPS) is 17.8. The van der Waals surface area contributed by atoms with E-state index in [-0.39, 0.29) is 17.5 Å². The van der Waals surface area contributed by atoms with Crippen molar-refractivity contribution in [3.8, 4) is 0 Å². The van der Waals surface area contributed by atoms with Crippen LogP contribution in [-0.2, 0) is 16.6 Å². The first-order valence-corrected chi connectivity index (χ1v) is 11.5. The number of nitrogens with one attached hydrogen (secondary N) is 3. The molecule has 1 aliphatic heterocycles.